The van der Waals surface area contributed by atoms with Gasteiger partial charge in [0.15, 0.2) is 5.69 Å². The normalized spacial score (nSPS) is 10.5. The zero-order chi connectivity index (χ0) is 16.8. The van der Waals surface area contributed by atoms with Gasteiger partial charge in [0.2, 0.25) is 0 Å². The molecule has 6 nitrogen and oxygen atoms in total. The Hall–Kier alpha value is -3.09. The van der Waals surface area contributed by atoms with Gasteiger partial charge in [0, 0.05) is 24.5 Å². The van der Waals surface area contributed by atoms with Crippen molar-refractivity contribution in [2.24, 2.45) is 0 Å². The molecular formula is C17H16FN5O. The summed E-state index contributed by atoms with van der Waals surface area (Å²) in [4.78, 5) is 16.1. The van der Waals surface area contributed by atoms with Crippen molar-refractivity contribution < 1.29 is 9.18 Å². The highest BCUT2D eigenvalue weighted by Crippen LogP contribution is 2.08. The highest BCUT2D eigenvalue weighted by Gasteiger charge is 2.11. The molecule has 0 saturated carbocycles. The molecule has 0 unspecified atom stereocenters. The van der Waals surface area contributed by atoms with Crippen LogP contribution in [-0.2, 0) is 13.0 Å². The number of hydrogen-bond donors (Lipinski definition) is 1. The Balaban J connectivity index is 1.55. The van der Waals surface area contributed by atoms with Crippen molar-refractivity contribution in [2.75, 3.05) is 6.54 Å². The van der Waals surface area contributed by atoms with E-state index in [1.165, 1.54) is 16.9 Å². The van der Waals surface area contributed by atoms with E-state index in [-0.39, 0.29) is 24.0 Å². The molecule has 0 radical (unpaired) electrons. The van der Waals surface area contributed by atoms with Gasteiger partial charge in [-0.3, -0.25) is 9.78 Å². The Morgan fingerprint density at radius 1 is 1.21 bits per heavy atom. The Kier molecular flexibility index (Phi) is 4.90. The van der Waals surface area contributed by atoms with E-state index in [1.54, 1.807) is 30.6 Å². The predicted molar refractivity (Wildman–Crippen MR) is 85.8 cm³/mol. The first kappa shape index (κ1) is 15.8. The minimum absolute atomic E-state index is 0.206. The van der Waals surface area contributed by atoms with Gasteiger partial charge < -0.3 is 5.32 Å². The summed E-state index contributed by atoms with van der Waals surface area (Å²) in [5.41, 5.74) is 1.74. The van der Waals surface area contributed by atoms with Gasteiger partial charge in [0.1, 0.15) is 5.82 Å². The molecule has 0 spiro atoms. The lowest BCUT2D eigenvalue weighted by molar-refractivity contribution is 0.0949. The van der Waals surface area contributed by atoms with Crippen molar-refractivity contribution in [3.8, 4) is 0 Å². The molecule has 2 heterocycles. The molecule has 0 aliphatic carbocycles. The number of carbonyl (C=O) groups excluding carboxylic acids is 1. The third kappa shape index (κ3) is 4.01. The number of carbonyl (C=O) groups is 1. The second-order valence-electron chi connectivity index (χ2n) is 5.26. The van der Waals surface area contributed by atoms with Gasteiger partial charge in [-0.15, -0.1) is 5.10 Å². The van der Waals surface area contributed by atoms with Crippen LogP contribution in [-0.4, -0.2) is 32.4 Å². The fraction of sp³-hybridized carbons (Fsp3) is 0.176. The summed E-state index contributed by atoms with van der Waals surface area (Å²) in [6.45, 7) is 0.702. The van der Waals surface area contributed by atoms with Crippen molar-refractivity contribution in [3.05, 3.63) is 77.6 Å². The molecule has 0 fully saturated rings. The summed E-state index contributed by atoms with van der Waals surface area (Å²) in [7, 11) is 0. The van der Waals surface area contributed by atoms with Crippen LogP contribution in [0.2, 0.25) is 0 Å². The molecule has 0 atom stereocenters. The van der Waals surface area contributed by atoms with E-state index in [1.807, 2.05) is 12.1 Å². The van der Waals surface area contributed by atoms with Gasteiger partial charge >= 0.3 is 0 Å². The van der Waals surface area contributed by atoms with Crippen LogP contribution in [0.3, 0.4) is 0 Å². The smallest absolute Gasteiger partial charge is 0.273 e. The minimum atomic E-state index is -0.310. The van der Waals surface area contributed by atoms with Crippen LogP contribution < -0.4 is 5.32 Å². The predicted octanol–water partition coefficient (Wildman–Crippen LogP) is 1.83. The Labute approximate surface area is 138 Å². The first-order valence-electron chi connectivity index (χ1n) is 7.53. The van der Waals surface area contributed by atoms with E-state index in [9.17, 15) is 9.18 Å². The summed E-state index contributed by atoms with van der Waals surface area (Å²) in [5, 5.41) is 10.5. The van der Waals surface area contributed by atoms with Crippen molar-refractivity contribution in [1.82, 2.24) is 25.3 Å². The maximum atomic E-state index is 13.6. The third-order valence-corrected chi connectivity index (χ3v) is 3.48. The molecular weight excluding hydrogens is 309 g/mol. The fourth-order valence-electron chi connectivity index (χ4n) is 2.24. The van der Waals surface area contributed by atoms with Gasteiger partial charge in [-0.2, -0.15) is 0 Å². The van der Waals surface area contributed by atoms with Crippen LogP contribution in [0.1, 0.15) is 21.6 Å². The lowest BCUT2D eigenvalue weighted by Gasteiger charge is -2.03. The fourth-order valence-corrected chi connectivity index (χ4v) is 2.24. The number of nitrogens with one attached hydrogen (secondary N) is 1. The molecule has 122 valence electrons. The Morgan fingerprint density at radius 2 is 2.08 bits per heavy atom. The number of amides is 1. The van der Waals surface area contributed by atoms with E-state index >= 15 is 0 Å². The van der Waals surface area contributed by atoms with Crippen molar-refractivity contribution in [1.29, 1.82) is 0 Å². The van der Waals surface area contributed by atoms with E-state index < -0.39 is 0 Å². The Bertz CT molecular complexity index is 819. The molecule has 1 N–H and O–H groups in total. The number of pyridine rings is 1. The van der Waals surface area contributed by atoms with Crippen molar-refractivity contribution in [3.63, 3.8) is 0 Å². The standard InChI is InChI=1S/C17H16FN5O/c18-15-6-2-1-5-14(15)11-23-12-16(21-22-23)17(24)20-9-7-13-4-3-8-19-10-13/h1-6,8,10,12H,7,9,11H2,(H,20,24). The quantitative estimate of drug-likeness (QED) is 0.750. The highest BCUT2D eigenvalue weighted by atomic mass is 19.1. The zero-order valence-electron chi connectivity index (χ0n) is 12.9. The molecule has 0 saturated heterocycles. The largest absolute Gasteiger partial charge is 0.350 e. The Morgan fingerprint density at radius 3 is 2.88 bits per heavy atom. The van der Waals surface area contributed by atoms with Crippen molar-refractivity contribution >= 4 is 5.91 Å². The van der Waals surface area contributed by atoms with Gasteiger partial charge in [-0.25, -0.2) is 9.07 Å². The highest BCUT2D eigenvalue weighted by molar-refractivity contribution is 5.91. The molecule has 1 amide bonds. The summed E-state index contributed by atoms with van der Waals surface area (Å²) in [6.07, 6.45) is 5.65. The maximum absolute atomic E-state index is 13.6. The van der Waals surface area contributed by atoms with Crippen LogP contribution in [0.5, 0.6) is 0 Å². The second-order valence-corrected chi connectivity index (χ2v) is 5.26. The lowest BCUT2D eigenvalue weighted by Crippen LogP contribution is -2.26. The number of hydrogen-bond acceptors (Lipinski definition) is 4. The van der Waals surface area contributed by atoms with E-state index in [2.05, 4.69) is 20.6 Å². The second kappa shape index (κ2) is 7.45. The summed E-state index contributed by atoms with van der Waals surface area (Å²) < 4.78 is 15.1. The lowest BCUT2D eigenvalue weighted by atomic mass is 10.2. The average molecular weight is 325 g/mol. The van der Waals surface area contributed by atoms with Crippen LogP contribution in [0.25, 0.3) is 0 Å². The third-order valence-electron chi connectivity index (χ3n) is 3.48. The van der Waals surface area contributed by atoms with E-state index in [0.29, 0.717) is 18.5 Å². The van der Waals surface area contributed by atoms with Crippen LogP contribution >= 0.6 is 0 Å². The van der Waals surface area contributed by atoms with Crippen molar-refractivity contribution in [2.45, 2.75) is 13.0 Å². The van der Waals surface area contributed by atoms with E-state index in [4.69, 9.17) is 0 Å². The molecule has 0 aliphatic heterocycles. The minimum Gasteiger partial charge on any atom is -0.350 e. The maximum Gasteiger partial charge on any atom is 0.273 e. The first-order chi connectivity index (χ1) is 11.7. The summed E-state index contributed by atoms with van der Waals surface area (Å²) in [5.74, 6) is -0.617. The summed E-state index contributed by atoms with van der Waals surface area (Å²) >= 11 is 0. The number of rotatable bonds is 6. The molecule has 3 rings (SSSR count). The van der Waals surface area contributed by atoms with Crippen LogP contribution in [0, 0.1) is 5.82 Å². The number of benzene rings is 1. The number of halogens is 1. The van der Waals surface area contributed by atoms with Gasteiger partial charge in [-0.05, 0) is 24.1 Å². The van der Waals surface area contributed by atoms with Gasteiger partial charge in [0.25, 0.3) is 5.91 Å². The molecule has 24 heavy (non-hydrogen) atoms. The monoisotopic (exact) mass is 325 g/mol. The number of nitrogens with zero attached hydrogens (tertiary/aromatic N) is 4. The molecule has 2 aromatic heterocycles. The van der Waals surface area contributed by atoms with Gasteiger partial charge in [-0.1, -0.05) is 29.5 Å². The average Bonchev–Trinajstić information content (AvgIpc) is 3.07. The van der Waals surface area contributed by atoms with E-state index in [0.717, 1.165) is 5.56 Å². The van der Waals surface area contributed by atoms with Crippen LogP contribution in [0.4, 0.5) is 4.39 Å². The summed E-state index contributed by atoms with van der Waals surface area (Å²) in [6, 6.07) is 10.2. The van der Waals surface area contributed by atoms with Crippen LogP contribution in [0.15, 0.2) is 55.0 Å². The molecule has 0 aliphatic rings. The molecule has 1 aromatic carbocycles. The van der Waals surface area contributed by atoms with Gasteiger partial charge in [0.05, 0.1) is 12.7 Å². The topological polar surface area (TPSA) is 72.7 Å². The molecule has 3 aromatic rings. The molecule has 7 heteroatoms. The first-order valence-corrected chi connectivity index (χ1v) is 7.53. The zero-order valence-corrected chi connectivity index (χ0v) is 12.9. The number of aromatic nitrogens is 4. The molecule has 0 bridgehead atoms. The SMILES string of the molecule is O=C(NCCc1cccnc1)c1cn(Cc2ccccc2F)nn1.